The van der Waals surface area contributed by atoms with E-state index >= 15 is 0 Å². The van der Waals surface area contributed by atoms with Crippen LogP contribution in [0.1, 0.15) is 39.0 Å². The van der Waals surface area contributed by atoms with Crippen LogP contribution in [0.4, 0.5) is 13.2 Å². The van der Waals surface area contributed by atoms with Gasteiger partial charge in [0, 0.05) is 6.04 Å². The average molecular weight is 235 g/mol. The van der Waals surface area contributed by atoms with Gasteiger partial charge in [-0.05, 0) is 45.6 Å². The third-order valence-corrected chi connectivity index (χ3v) is 3.17. The van der Waals surface area contributed by atoms with Gasteiger partial charge in [-0.15, -0.1) is 0 Å². The van der Waals surface area contributed by atoms with Crippen molar-refractivity contribution in [1.29, 1.82) is 0 Å². The van der Waals surface area contributed by atoms with E-state index in [2.05, 4.69) is 11.4 Å². The molecule has 4 heteroatoms. The summed E-state index contributed by atoms with van der Waals surface area (Å²) < 4.78 is 37.2. The van der Waals surface area contributed by atoms with Gasteiger partial charge in [-0.3, -0.25) is 0 Å². The Labute approximate surface area is 95.1 Å². The first kappa shape index (κ1) is 13.6. The highest BCUT2D eigenvalue weighted by atomic mass is 19.4. The Morgan fingerprint density at radius 2 is 1.81 bits per heavy atom. The van der Waals surface area contributed by atoms with Crippen molar-refractivity contribution in [3.8, 4) is 0 Å². The van der Waals surface area contributed by atoms with Crippen molar-refractivity contribution in [2.24, 2.45) is 5.92 Å². The maximum atomic E-state index is 12.4. The Balaban J connectivity index is 2.17. The minimum Gasteiger partial charge on any atom is -0.314 e. The summed E-state index contributed by atoms with van der Waals surface area (Å²) in [5.41, 5.74) is 0. The smallest absolute Gasteiger partial charge is 0.314 e. The van der Waals surface area contributed by atoms with Crippen molar-refractivity contribution < 1.29 is 13.2 Å². The zero-order valence-electron chi connectivity index (χ0n) is 9.69. The van der Waals surface area contributed by atoms with Crippen LogP contribution in [0.25, 0.3) is 0 Å². The van der Waals surface area contributed by atoms with Crippen LogP contribution in [0.3, 0.4) is 0 Å². The second-order valence-corrected chi connectivity index (χ2v) is 4.40. The van der Waals surface area contributed by atoms with E-state index in [0.717, 1.165) is 13.0 Å². The molecule has 0 bridgehead atoms. The average Bonchev–Trinajstić information content (AvgIpc) is 2.24. The first-order valence-corrected chi connectivity index (χ1v) is 5.95. The molecule has 0 radical (unpaired) electrons. The fourth-order valence-corrected chi connectivity index (χ4v) is 2.16. The Morgan fingerprint density at radius 3 is 2.31 bits per heavy atom. The summed E-state index contributed by atoms with van der Waals surface area (Å²) in [6, 6.07) is 0.281. The Morgan fingerprint density at radius 1 is 1.19 bits per heavy atom. The molecule has 1 nitrogen and oxygen atoms in total. The second-order valence-electron chi connectivity index (χ2n) is 4.40. The van der Waals surface area contributed by atoms with E-state index < -0.39 is 12.1 Å². The van der Waals surface area contributed by atoms with Gasteiger partial charge in [0.05, 0.1) is 5.92 Å². The number of hydrogen-bond donors (Lipinski definition) is 1. The summed E-state index contributed by atoms with van der Waals surface area (Å²) in [6.07, 6.45) is 2.89. The highest BCUT2D eigenvalue weighted by molar-refractivity contribution is 4.82. The molecule has 0 unspecified atom stereocenters. The van der Waals surface area contributed by atoms with E-state index in [9.17, 15) is 13.2 Å². The van der Waals surface area contributed by atoms with Crippen molar-refractivity contribution >= 4 is 0 Å². The normalized spacial score (nSPS) is 27.5. The lowest BCUT2D eigenvalue weighted by atomic mass is 9.85. The number of hydrogen-bond acceptors (Lipinski definition) is 1. The maximum Gasteiger partial charge on any atom is 0.391 e. The minimum atomic E-state index is -3.99. The largest absolute Gasteiger partial charge is 0.391 e. The van der Waals surface area contributed by atoms with Crippen molar-refractivity contribution in [3.63, 3.8) is 0 Å². The van der Waals surface area contributed by atoms with Crippen molar-refractivity contribution in [2.45, 2.75) is 51.2 Å². The van der Waals surface area contributed by atoms with Crippen molar-refractivity contribution in [1.82, 2.24) is 5.32 Å². The molecule has 0 heterocycles. The molecule has 0 aromatic heterocycles. The standard InChI is InChI=1S/C12H20F3N/c1-2-3-4-9-16-11-7-5-10(6-8-11)12(13,14)15/h2-3,10-11,16H,4-9H2,1H3/b3-2+. The fraction of sp³-hybridized carbons (Fsp3) is 0.833. The van der Waals surface area contributed by atoms with Crippen LogP contribution in [-0.4, -0.2) is 18.8 Å². The molecule has 0 aromatic carbocycles. The molecular formula is C12H20F3N. The molecule has 0 aliphatic heterocycles. The van der Waals surface area contributed by atoms with Gasteiger partial charge in [-0.2, -0.15) is 13.2 Å². The predicted octanol–water partition coefficient (Wildman–Crippen LogP) is 3.66. The van der Waals surface area contributed by atoms with Crippen LogP contribution in [0.15, 0.2) is 12.2 Å². The van der Waals surface area contributed by atoms with Gasteiger partial charge in [0.25, 0.3) is 0 Å². The Hall–Kier alpha value is -0.510. The lowest BCUT2D eigenvalue weighted by Crippen LogP contribution is -2.37. The molecule has 1 aliphatic rings. The summed E-state index contributed by atoms with van der Waals surface area (Å²) >= 11 is 0. The van der Waals surface area contributed by atoms with Gasteiger partial charge in [0.1, 0.15) is 0 Å². The topological polar surface area (TPSA) is 12.0 Å². The van der Waals surface area contributed by atoms with Crippen molar-refractivity contribution in [3.05, 3.63) is 12.2 Å². The number of rotatable bonds is 4. The van der Waals surface area contributed by atoms with E-state index in [1.165, 1.54) is 0 Å². The van der Waals surface area contributed by atoms with Crippen molar-refractivity contribution in [2.75, 3.05) is 6.54 Å². The molecule has 94 valence electrons. The lowest BCUT2D eigenvalue weighted by molar-refractivity contribution is -0.182. The van der Waals surface area contributed by atoms with Crippen LogP contribution in [0.2, 0.25) is 0 Å². The summed E-state index contributed by atoms with van der Waals surface area (Å²) in [5, 5.41) is 3.31. The van der Waals surface area contributed by atoms with Crippen LogP contribution in [0, 0.1) is 5.92 Å². The van der Waals surface area contributed by atoms with E-state index in [0.29, 0.717) is 12.8 Å². The highest BCUT2D eigenvalue weighted by Crippen LogP contribution is 2.37. The summed E-state index contributed by atoms with van der Waals surface area (Å²) in [7, 11) is 0. The van der Waals surface area contributed by atoms with E-state index in [1.807, 2.05) is 13.0 Å². The number of allylic oxidation sites excluding steroid dienone is 1. The summed E-state index contributed by atoms with van der Waals surface area (Å²) in [4.78, 5) is 0. The molecule has 1 aliphatic carbocycles. The second kappa shape index (κ2) is 6.28. The molecular weight excluding hydrogens is 215 g/mol. The summed E-state index contributed by atoms with van der Waals surface area (Å²) in [6.45, 7) is 2.83. The predicted molar refractivity (Wildman–Crippen MR) is 59.2 cm³/mol. The highest BCUT2D eigenvalue weighted by Gasteiger charge is 2.41. The van der Waals surface area contributed by atoms with E-state index in [4.69, 9.17) is 0 Å². The van der Waals surface area contributed by atoms with E-state index in [-0.39, 0.29) is 18.9 Å². The molecule has 0 aromatic rings. The molecule has 1 saturated carbocycles. The quantitative estimate of drug-likeness (QED) is 0.579. The molecule has 1 fully saturated rings. The van der Waals surface area contributed by atoms with Gasteiger partial charge in [-0.25, -0.2) is 0 Å². The molecule has 0 saturated heterocycles. The first-order chi connectivity index (χ1) is 7.54. The van der Waals surface area contributed by atoms with Gasteiger partial charge >= 0.3 is 6.18 Å². The van der Waals surface area contributed by atoms with Crippen LogP contribution in [0.5, 0.6) is 0 Å². The SMILES string of the molecule is C/C=C/CCNC1CCC(C(F)(F)F)CC1. The number of alkyl halides is 3. The minimum absolute atomic E-state index is 0.281. The third kappa shape index (κ3) is 4.56. The third-order valence-electron chi connectivity index (χ3n) is 3.17. The molecule has 1 N–H and O–H groups in total. The molecule has 0 amide bonds. The van der Waals surface area contributed by atoms with Gasteiger partial charge in [0.2, 0.25) is 0 Å². The zero-order valence-corrected chi connectivity index (χ0v) is 9.69. The van der Waals surface area contributed by atoms with Crippen LogP contribution < -0.4 is 5.32 Å². The van der Waals surface area contributed by atoms with E-state index in [1.54, 1.807) is 0 Å². The molecule has 0 atom stereocenters. The Kier molecular flexibility index (Phi) is 5.32. The van der Waals surface area contributed by atoms with Crippen LogP contribution in [-0.2, 0) is 0 Å². The number of nitrogens with one attached hydrogen (secondary N) is 1. The van der Waals surface area contributed by atoms with Gasteiger partial charge in [-0.1, -0.05) is 12.2 Å². The first-order valence-electron chi connectivity index (χ1n) is 5.95. The summed E-state index contributed by atoms with van der Waals surface area (Å²) in [5.74, 6) is -1.07. The molecule has 0 spiro atoms. The van der Waals surface area contributed by atoms with Gasteiger partial charge in [0.15, 0.2) is 0 Å². The molecule has 16 heavy (non-hydrogen) atoms. The molecule has 1 rings (SSSR count). The Bertz CT molecular complexity index is 215. The van der Waals surface area contributed by atoms with Gasteiger partial charge < -0.3 is 5.32 Å². The maximum absolute atomic E-state index is 12.4. The van der Waals surface area contributed by atoms with Crippen LogP contribution >= 0.6 is 0 Å². The zero-order chi connectivity index (χ0) is 12.0. The lowest BCUT2D eigenvalue weighted by Gasteiger charge is -2.30. The fourth-order valence-electron chi connectivity index (χ4n) is 2.16. The number of halogens is 3. The monoisotopic (exact) mass is 235 g/mol.